The van der Waals surface area contributed by atoms with Crippen LogP contribution in [-0.4, -0.2) is 71.5 Å². The summed E-state index contributed by atoms with van der Waals surface area (Å²) in [5.41, 5.74) is 4.27. The quantitative estimate of drug-likeness (QED) is 0.0298. The van der Waals surface area contributed by atoms with Crippen LogP contribution < -0.4 is 31.9 Å². The molecule has 0 radical (unpaired) electrons. The van der Waals surface area contributed by atoms with Crippen molar-refractivity contribution in [1.29, 1.82) is 0 Å². The van der Waals surface area contributed by atoms with Gasteiger partial charge in [0, 0.05) is 84.4 Å². The van der Waals surface area contributed by atoms with Crippen molar-refractivity contribution in [1.82, 2.24) is 21.3 Å². The van der Waals surface area contributed by atoms with Crippen LogP contribution in [0.2, 0.25) is 20.1 Å². The van der Waals surface area contributed by atoms with Crippen molar-refractivity contribution in [2.45, 2.75) is 74.9 Å². The number of carbonyl (C=O) groups excluding carboxylic acids is 3. The van der Waals surface area contributed by atoms with Crippen molar-refractivity contribution in [3.63, 3.8) is 0 Å². The maximum atomic E-state index is 12.6. The van der Waals surface area contributed by atoms with Gasteiger partial charge in [-0.15, -0.1) is 0 Å². The first-order valence-corrected chi connectivity index (χ1v) is 22.6. The summed E-state index contributed by atoms with van der Waals surface area (Å²) in [6, 6.07) is 26.1. The number of anilines is 2. The number of hydrogen-bond donors (Lipinski definition) is 7. The number of hydrogen-bond acceptors (Lipinski definition) is 10. The van der Waals surface area contributed by atoms with Crippen molar-refractivity contribution in [3.05, 3.63) is 141 Å². The molecule has 0 spiro atoms. The van der Waals surface area contributed by atoms with Gasteiger partial charge in [0.1, 0.15) is 5.60 Å². The van der Waals surface area contributed by atoms with Gasteiger partial charge in [0.05, 0.1) is 20.1 Å². The summed E-state index contributed by atoms with van der Waals surface area (Å²) < 4.78 is 20.4. The van der Waals surface area contributed by atoms with E-state index in [4.69, 9.17) is 60.4 Å². The number of amides is 2. The Balaban J connectivity index is 0.000000318. The molecule has 18 heteroatoms. The molecule has 336 valence electrons. The fourth-order valence-corrected chi connectivity index (χ4v) is 8.36. The van der Waals surface area contributed by atoms with E-state index in [-0.39, 0.29) is 28.4 Å². The molecule has 2 saturated heterocycles. The zero-order chi connectivity index (χ0) is 46.5. The normalized spacial score (nSPS) is 17.5. The Labute approximate surface area is 398 Å². The number of benzene rings is 4. The number of rotatable bonds is 13. The zero-order valence-corrected chi connectivity index (χ0v) is 39.6. The molecule has 0 aromatic heterocycles. The molecule has 2 aliphatic rings. The number of thioether (sulfide) groups is 1. The summed E-state index contributed by atoms with van der Waals surface area (Å²) in [4.78, 5) is 37.0. The average molecular weight is 977 g/mol. The molecule has 2 unspecified atom stereocenters. The van der Waals surface area contributed by atoms with Crippen LogP contribution in [0.25, 0.3) is 0 Å². The average Bonchev–Trinajstić information content (AvgIpc) is 3.91. The molecular weight excluding hydrogens is 926 g/mol. The van der Waals surface area contributed by atoms with E-state index in [1.54, 1.807) is 36.4 Å². The van der Waals surface area contributed by atoms with Crippen LogP contribution in [0.15, 0.2) is 84.9 Å². The molecule has 4 atom stereocenters. The maximum absolute atomic E-state index is 12.6. The Morgan fingerprint density at radius 2 is 1.16 bits per heavy atom. The molecule has 2 fully saturated rings. The second-order valence-electron chi connectivity index (χ2n) is 15.3. The second-order valence-corrected chi connectivity index (χ2v) is 18.9. The van der Waals surface area contributed by atoms with E-state index in [2.05, 4.69) is 57.8 Å². The van der Waals surface area contributed by atoms with Gasteiger partial charge in [-0.25, -0.2) is 4.79 Å². The van der Waals surface area contributed by atoms with Gasteiger partial charge in [-0.1, -0.05) is 70.7 Å². The molecule has 2 aliphatic heterocycles. The number of thiol groups is 1. The Hall–Kier alpha value is -3.85. The second kappa shape index (κ2) is 27.5. The summed E-state index contributed by atoms with van der Waals surface area (Å²) >= 11 is 29.6. The Bertz CT molecular complexity index is 2170. The SMILES string of the molecule is CC(C)(C)OC(=O)SC1CN[C@H](CNc2cccc(C(=O)NCc3ccc(Cl)c(Cl)c3)c2)C1.O=C(NCc1ccc(Cl)c(Cl)c1)c1cccc(NC[C@@H]2CC(S)CN2)c1.[C-]#[O+].[C-]#[O+]. The molecule has 4 aromatic rings. The molecule has 0 bridgehead atoms. The standard InChI is InChI=1S/C24H29Cl2N3O3S.C19H21Cl2N3OS.2CO/c1-24(2,3)32-23(31)33-19-11-18(28-14-19)13-27-17-6-4-5-16(10-17)22(30)29-12-15-7-8-20(25)21(26)9-15;20-17-5-4-12(6-18(17)21)9-24-19(25)13-2-1-3-14(7-13)22-10-15-8-16(26)11-23-15;2*1-2/h4-10,18-19,27-28H,11-14H2,1-3H3,(H,29,30);1-7,15-16,22-23,26H,8-11H2,(H,24,25);;/t18-,19?;15-,16?;;/m00../s1. The molecule has 0 saturated carbocycles. The monoisotopic (exact) mass is 974 g/mol. The Kier molecular flexibility index (Phi) is 23.3. The van der Waals surface area contributed by atoms with Gasteiger partial charge in [-0.3, -0.25) is 9.59 Å². The number of ether oxygens (including phenoxy) is 1. The van der Waals surface area contributed by atoms with Gasteiger partial charge in [-0.05, 0) is 117 Å². The minimum atomic E-state index is -0.476. The van der Waals surface area contributed by atoms with Gasteiger partial charge >= 0.3 is 27.9 Å². The minimum absolute atomic E-state index is 0.130. The summed E-state index contributed by atoms with van der Waals surface area (Å²) in [5, 5.41) is 21.7. The topological polar surface area (TPSA) is 172 Å². The van der Waals surface area contributed by atoms with E-state index in [0.717, 1.165) is 55.0 Å². The number of nitrogens with one attached hydrogen (secondary N) is 6. The third-order valence-corrected chi connectivity index (χ3v) is 12.1. The van der Waals surface area contributed by atoms with E-state index in [0.29, 0.717) is 62.1 Å². The van der Waals surface area contributed by atoms with Crippen molar-refractivity contribution in [3.8, 4) is 0 Å². The molecule has 2 heterocycles. The van der Waals surface area contributed by atoms with E-state index in [9.17, 15) is 14.4 Å². The van der Waals surface area contributed by atoms with Gasteiger partial charge < -0.3 is 36.6 Å². The third kappa shape index (κ3) is 19.4. The summed E-state index contributed by atoms with van der Waals surface area (Å²) in [5.74, 6) is -0.299. The molecular formula is C45H50Cl4N6O6S2. The van der Waals surface area contributed by atoms with Crippen LogP contribution in [0.4, 0.5) is 16.2 Å². The van der Waals surface area contributed by atoms with Crippen molar-refractivity contribution < 1.29 is 28.4 Å². The van der Waals surface area contributed by atoms with E-state index < -0.39 is 5.60 Å². The van der Waals surface area contributed by atoms with E-state index in [1.807, 2.05) is 69.3 Å². The van der Waals surface area contributed by atoms with Crippen LogP contribution >= 0.6 is 70.8 Å². The molecule has 12 nitrogen and oxygen atoms in total. The molecule has 4 aromatic carbocycles. The third-order valence-electron chi connectivity index (χ3n) is 9.26. The Morgan fingerprint density at radius 3 is 1.59 bits per heavy atom. The van der Waals surface area contributed by atoms with Gasteiger partial charge in [-0.2, -0.15) is 12.6 Å². The predicted octanol–water partition coefficient (Wildman–Crippen LogP) is 9.65. The van der Waals surface area contributed by atoms with Crippen LogP contribution in [0.5, 0.6) is 0 Å². The van der Waals surface area contributed by atoms with Crippen molar-refractivity contribution >= 4 is 99.3 Å². The van der Waals surface area contributed by atoms with Gasteiger partial charge in [0.15, 0.2) is 0 Å². The van der Waals surface area contributed by atoms with Crippen LogP contribution in [0, 0.1) is 13.3 Å². The molecule has 0 aliphatic carbocycles. The van der Waals surface area contributed by atoms with Crippen LogP contribution in [-0.2, 0) is 27.1 Å². The number of halogens is 4. The van der Waals surface area contributed by atoms with Crippen LogP contribution in [0.3, 0.4) is 0 Å². The van der Waals surface area contributed by atoms with Gasteiger partial charge in [0.2, 0.25) is 0 Å². The first-order chi connectivity index (χ1) is 30.1. The summed E-state index contributed by atoms with van der Waals surface area (Å²) in [6.07, 6.45) is 1.90. The first kappa shape index (κ1) is 53.5. The first-order valence-electron chi connectivity index (χ1n) is 19.7. The van der Waals surface area contributed by atoms with Crippen molar-refractivity contribution in [2.75, 3.05) is 36.8 Å². The van der Waals surface area contributed by atoms with E-state index in [1.165, 1.54) is 11.8 Å². The number of carbonyl (C=O) groups is 3. The molecule has 63 heavy (non-hydrogen) atoms. The summed E-state index contributed by atoms with van der Waals surface area (Å²) in [7, 11) is 0. The fraction of sp³-hybridized carbons (Fsp3) is 0.356. The summed E-state index contributed by atoms with van der Waals surface area (Å²) in [6.45, 7) is 18.6. The Morgan fingerprint density at radius 1 is 0.698 bits per heavy atom. The van der Waals surface area contributed by atoms with Gasteiger partial charge in [0.25, 0.3) is 11.8 Å². The van der Waals surface area contributed by atoms with Crippen LogP contribution in [0.1, 0.15) is 65.5 Å². The fourth-order valence-electron chi connectivity index (χ4n) is 6.28. The van der Waals surface area contributed by atoms with Crippen molar-refractivity contribution in [2.24, 2.45) is 0 Å². The molecule has 6 N–H and O–H groups in total. The zero-order valence-electron chi connectivity index (χ0n) is 34.9. The molecule has 2 amide bonds. The molecule has 6 rings (SSSR count). The predicted molar refractivity (Wildman–Crippen MR) is 256 cm³/mol. The van der Waals surface area contributed by atoms with E-state index >= 15 is 0 Å².